The second kappa shape index (κ2) is 5.64. The Morgan fingerprint density at radius 3 is 2.33 bits per heavy atom. The molecule has 90 valence electrons. The summed E-state index contributed by atoms with van der Waals surface area (Å²) in [4.78, 5) is 0. The van der Waals surface area contributed by atoms with Gasteiger partial charge < -0.3 is 0 Å². The first-order valence-corrected chi connectivity index (χ1v) is 8.34. The lowest BCUT2D eigenvalue weighted by Gasteiger charge is -2.35. The lowest BCUT2D eigenvalue weighted by atomic mass is 9.76. The molecule has 1 aliphatic rings. The molecule has 5 heteroatoms. The molecule has 0 heterocycles. The third kappa shape index (κ3) is 4.04. The van der Waals surface area contributed by atoms with E-state index in [1.807, 2.05) is 0 Å². The van der Waals surface area contributed by atoms with Gasteiger partial charge in [-0.1, -0.05) is 35.2 Å². The summed E-state index contributed by atoms with van der Waals surface area (Å²) in [7, 11) is -3.04. The molecule has 0 amide bonds. The number of nitrogens with one attached hydrogen (secondary N) is 1. The van der Waals surface area contributed by atoms with Gasteiger partial charge in [-0.15, -0.1) is 0 Å². The second-order valence-electron chi connectivity index (χ2n) is 4.42. The van der Waals surface area contributed by atoms with Gasteiger partial charge in [0.15, 0.2) is 0 Å². The fourth-order valence-electron chi connectivity index (χ4n) is 2.02. The Hall–Kier alpha value is 0.390. The molecule has 0 radical (unpaired) electrons. The summed E-state index contributed by atoms with van der Waals surface area (Å²) >= 11 is 3.52. The highest BCUT2D eigenvalue weighted by Crippen LogP contribution is 2.37. The molecule has 0 aromatic rings. The molecule has 0 aliphatic heterocycles. The molecule has 1 saturated carbocycles. The number of hydrogen-bond donors (Lipinski definition) is 1. The summed E-state index contributed by atoms with van der Waals surface area (Å²) in [6, 6.07) is 0. The van der Waals surface area contributed by atoms with Crippen molar-refractivity contribution in [3.8, 4) is 0 Å². The molecule has 15 heavy (non-hydrogen) atoms. The van der Waals surface area contributed by atoms with Crippen LogP contribution in [0.25, 0.3) is 0 Å². The number of sulfonamides is 1. The van der Waals surface area contributed by atoms with E-state index in [-0.39, 0.29) is 11.2 Å². The molecule has 0 aromatic heterocycles. The Morgan fingerprint density at radius 2 is 1.87 bits per heavy atom. The minimum absolute atomic E-state index is 0.153. The smallest absolute Gasteiger partial charge is 0.211 e. The minimum Gasteiger partial charge on any atom is -0.215 e. The van der Waals surface area contributed by atoms with E-state index < -0.39 is 10.0 Å². The third-order valence-corrected chi connectivity index (χ3v) is 5.78. The Kier molecular flexibility index (Phi) is 5.06. The largest absolute Gasteiger partial charge is 0.215 e. The molecular formula is C10H20BrNO2S. The first-order chi connectivity index (χ1) is 7.04. The molecule has 1 aliphatic carbocycles. The molecule has 0 atom stereocenters. The van der Waals surface area contributed by atoms with Gasteiger partial charge in [0, 0.05) is 11.9 Å². The van der Waals surface area contributed by atoms with Crippen molar-refractivity contribution in [1.29, 1.82) is 0 Å². The molecule has 0 bridgehead atoms. The van der Waals surface area contributed by atoms with Gasteiger partial charge in [0.1, 0.15) is 0 Å². The number of rotatable bonds is 5. The normalized spacial score (nSPS) is 21.5. The summed E-state index contributed by atoms with van der Waals surface area (Å²) < 4.78 is 25.5. The lowest BCUT2D eigenvalue weighted by Crippen LogP contribution is -2.40. The predicted octanol–water partition coefficient (Wildman–Crippen LogP) is 2.27. The average molecular weight is 298 g/mol. The maximum absolute atomic E-state index is 11.4. The van der Waals surface area contributed by atoms with Crippen LogP contribution >= 0.6 is 15.9 Å². The van der Waals surface area contributed by atoms with E-state index in [4.69, 9.17) is 0 Å². The third-order valence-electron chi connectivity index (χ3n) is 3.24. The van der Waals surface area contributed by atoms with Crippen LogP contribution in [0.3, 0.4) is 0 Å². The molecule has 0 aromatic carbocycles. The summed E-state index contributed by atoms with van der Waals surface area (Å²) in [5, 5.41) is 0.895. The van der Waals surface area contributed by atoms with Gasteiger partial charge in [-0.25, -0.2) is 13.1 Å². The van der Waals surface area contributed by atoms with Gasteiger partial charge in [-0.05, 0) is 25.2 Å². The van der Waals surface area contributed by atoms with Crippen molar-refractivity contribution >= 4 is 26.0 Å². The van der Waals surface area contributed by atoms with Crippen LogP contribution in [0, 0.1) is 5.41 Å². The first-order valence-electron chi connectivity index (χ1n) is 5.57. The Labute approximate surface area is 101 Å². The topological polar surface area (TPSA) is 46.2 Å². The predicted molar refractivity (Wildman–Crippen MR) is 66.8 cm³/mol. The fraction of sp³-hybridized carbons (Fsp3) is 1.00. The van der Waals surface area contributed by atoms with Gasteiger partial charge >= 0.3 is 0 Å². The number of alkyl halides is 1. The summed E-state index contributed by atoms with van der Waals surface area (Å²) in [5.74, 6) is 0.172. The zero-order valence-electron chi connectivity index (χ0n) is 9.26. The van der Waals surface area contributed by atoms with Gasteiger partial charge in [0.2, 0.25) is 10.0 Å². The highest BCUT2D eigenvalue weighted by atomic mass is 79.9. The van der Waals surface area contributed by atoms with Crippen molar-refractivity contribution in [2.75, 3.05) is 17.6 Å². The van der Waals surface area contributed by atoms with Crippen molar-refractivity contribution < 1.29 is 8.42 Å². The number of hydrogen-bond acceptors (Lipinski definition) is 2. The van der Waals surface area contributed by atoms with Crippen molar-refractivity contribution in [2.24, 2.45) is 5.41 Å². The van der Waals surface area contributed by atoms with Crippen LogP contribution in [0.4, 0.5) is 0 Å². The summed E-state index contributed by atoms with van der Waals surface area (Å²) in [6.07, 6.45) is 5.99. The highest BCUT2D eigenvalue weighted by Gasteiger charge is 2.31. The number of halogens is 1. The second-order valence-corrected chi connectivity index (χ2v) is 7.08. The molecule has 0 spiro atoms. The average Bonchev–Trinajstić information content (AvgIpc) is 2.28. The highest BCUT2D eigenvalue weighted by molar-refractivity contribution is 9.09. The van der Waals surface area contributed by atoms with Gasteiger partial charge in [-0.2, -0.15) is 0 Å². The SMILES string of the molecule is CCS(=O)(=O)NCC1(CBr)CCCCC1. The zero-order chi connectivity index (χ0) is 11.4. The fourth-order valence-corrected chi connectivity index (χ4v) is 3.51. The van der Waals surface area contributed by atoms with Crippen molar-refractivity contribution in [3.05, 3.63) is 0 Å². The minimum atomic E-state index is -3.04. The molecule has 3 nitrogen and oxygen atoms in total. The van der Waals surface area contributed by atoms with E-state index in [0.717, 1.165) is 18.2 Å². The van der Waals surface area contributed by atoms with Crippen LogP contribution in [-0.2, 0) is 10.0 Å². The van der Waals surface area contributed by atoms with E-state index in [1.54, 1.807) is 6.92 Å². The monoisotopic (exact) mass is 297 g/mol. The Bertz CT molecular complexity index is 284. The van der Waals surface area contributed by atoms with E-state index in [2.05, 4.69) is 20.7 Å². The van der Waals surface area contributed by atoms with Crippen LogP contribution in [0.15, 0.2) is 0 Å². The van der Waals surface area contributed by atoms with E-state index in [1.165, 1.54) is 19.3 Å². The molecular weight excluding hydrogens is 278 g/mol. The zero-order valence-corrected chi connectivity index (χ0v) is 11.7. The van der Waals surface area contributed by atoms with Crippen LogP contribution in [0.5, 0.6) is 0 Å². The molecule has 1 rings (SSSR count). The van der Waals surface area contributed by atoms with E-state index in [0.29, 0.717) is 6.54 Å². The summed E-state index contributed by atoms with van der Waals surface area (Å²) in [5.41, 5.74) is 0.153. The molecule has 0 unspecified atom stereocenters. The standard InChI is InChI=1S/C10H20BrNO2S/c1-2-15(13,14)12-9-10(8-11)6-4-3-5-7-10/h12H,2-9H2,1H3. The maximum atomic E-state index is 11.4. The maximum Gasteiger partial charge on any atom is 0.211 e. The van der Waals surface area contributed by atoms with Crippen LogP contribution in [0.2, 0.25) is 0 Å². The first kappa shape index (κ1) is 13.5. The molecule has 0 saturated heterocycles. The quantitative estimate of drug-likeness (QED) is 0.791. The Balaban J connectivity index is 2.53. The van der Waals surface area contributed by atoms with Crippen LogP contribution < -0.4 is 4.72 Å². The van der Waals surface area contributed by atoms with E-state index >= 15 is 0 Å². The molecule has 1 fully saturated rings. The van der Waals surface area contributed by atoms with Crippen molar-refractivity contribution in [2.45, 2.75) is 39.0 Å². The lowest BCUT2D eigenvalue weighted by molar-refractivity contribution is 0.227. The van der Waals surface area contributed by atoms with Gasteiger partial charge in [-0.3, -0.25) is 0 Å². The Morgan fingerprint density at radius 1 is 1.27 bits per heavy atom. The van der Waals surface area contributed by atoms with Crippen molar-refractivity contribution in [1.82, 2.24) is 4.72 Å². The van der Waals surface area contributed by atoms with Gasteiger partial charge in [0.25, 0.3) is 0 Å². The van der Waals surface area contributed by atoms with Crippen LogP contribution in [-0.4, -0.2) is 26.0 Å². The van der Waals surface area contributed by atoms with Crippen molar-refractivity contribution in [3.63, 3.8) is 0 Å². The van der Waals surface area contributed by atoms with E-state index in [9.17, 15) is 8.42 Å². The van der Waals surface area contributed by atoms with Gasteiger partial charge in [0.05, 0.1) is 5.75 Å². The van der Waals surface area contributed by atoms with Crippen LogP contribution in [0.1, 0.15) is 39.0 Å². The molecule has 1 N–H and O–H groups in total. The summed E-state index contributed by atoms with van der Waals surface area (Å²) in [6.45, 7) is 2.26.